The molecular formula is C12H21N3. The van der Waals surface area contributed by atoms with Gasteiger partial charge in [-0.2, -0.15) is 5.10 Å². The predicted molar refractivity (Wildman–Crippen MR) is 63.2 cm³/mol. The van der Waals surface area contributed by atoms with Crippen molar-refractivity contribution in [1.82, 2.24) is 9.78 Å². The highest BCUT2D eigenvalue weighted by atomic mass is 15.4. The molecule has 1 atom stereocenters. The summed E-state index contributed by atoms with van der Waals surface area (Å²) in [7, 11) is 0. The normalized spacial score (nSPS) is 20.9. The number of aromatic nitrogens is 2. The minimum atomic E-state index is 0.286. The van der Waals surface area contributed by atoms with Crippen molar-refractivity contribution in [2.75, 3.05) is 11.9 Å². The minimum Gasteiger partial charge on any atom is -0.370 e. The van der Waals surface area contributed by atoms with Gasteiger partial charge in [0, 0.05) is 12.6 Å². The van der Waals surface area contributed by atoms with Gasteiger partial charge in [-0.15, -0.1) is 0 Å². The molecule has 1 aromatic heterocycles. The molecule has 0 saturated carbocycles. The van der Waals surface area contributed by atoms with Crippen LogP contribution < -0.4 is 5.32 Å². The van der Waals surface area contributed by atoms with Gasteiger partial charge >= 0.3 is 0 Å². The van der Waals surface area contributed by atoms with Crippen molar-refractivity contribution in [2.24, 2.45) is 5.41 Å². The van der Waals surface area contributed by atoms with E-state index < -0.39 is 0 Å². The van der Waals surface area contributed by atoms with E-state index in [1.165, 1.54) is 17.9 Å². The summed E-state index contributed by atoms with van der Waals surface area (Å²) < 4.78 is 2.18. The first-order valence-electron chi connectivity index (χ1n) is 5.84. The van der Waals surface area contributed by atoms with Crippen molar-refractivity contribution in [2.45, 2.75) is 46.6 Å². The molecule has 1 unspecified atom stereocenters. The number of hydrogen-bond donors (Lipinski definition) is 1. The lowest BCUT2D eigenvalue weighted by atomic mass is 9.84. The van der Waals surface area contributed by atoms with Crippen LogP contribution in [-0.2, 0) is 6.42 Å². The van der Waals surface area contributed by atoms with Gasteiger partial charge in [-0.25, -0.2) is 4.68 Å². The van der Waals surface area contributed by atoms with Crippen LogP contribution in [0.4, 0.5) is 5.82 Å². The Morgan fingerprint density at radius 1 is 1.53 bits per heavy atom. The predicted octanol–water partition coefficient (Wildman–Crippen LogP) is 2.85. The Kier molecular flexibility index (Phi) is 2.49. The Morgan fingerprint density at radius 2 is 2.27 bits per heavy atom. The van der Waals surface area contributed by atoms with Gasteiger partial charge in [-0.1, -0.05) is 27.7 Å². The van der Waals surface area contributed by atoms with Crippen molar-refractivity contribution in [1.29, 1.82) is 0 Å². The van der Waals surface area contributed by atoms with Crippen LogP contribution >= 0.6 is 0 Å². The first-order chi connectivity index (χ1) is 7.02. The Labute approximate surface area is 91.9 Å². The molecule has 0 aliphatic carbocycles. The zero-order valence-corrected chi connectivity index (χ0v) is 10.2. The van der Waals surface area contributed by atoms with Gasteiger partial charge in [-0.05, 0) is 18.3 Å². The summed E-state index contributed by atoms with van der Waals surface area (Å²) >= 11 is 0. The van der Waals surface area contributed by atoms with Crippen molar-refractivity contribution < 1.29 is 0 Å². The molecule has 0 saturated heterocycles. The summed E-state index contributed by atoms with van der Waals surface area (Å²) in [5.74, 6) is 1.19. The molecule has 1 aromatic rings. The Morgan fingerprint density at radius 3 is 2.87 bits per heavy atom. The van der Waals surface area contributed by atoms with Crippen LogP contribution in [0.25, 0.3) is 0 Å². The van der Waals surface area contributed by atoms with E-state index in [9.17, 15) is 0 Å². The van der Waals surface area contributed by atoms with Crippen LogP contribution in [0, 0.1) is 5.41 Å². The van der Waals surface area contributed by atoms with Gasteiger partial charge in [0.15, 0.2) is 0 Å². The summed E-state index contributed by atoms with van der Waals surface area (Å²) in [6, 6.07) is 2.70. The zero-order valence-electron chi connectivity index (χ0n) is 10.2. The summed E-state index contributed by atoms with van der Waals surface area (Å²) in [5, 5.41) is 8.09. The number of hydrogen-bond acceptors (Lipinski definition) is 2. The molecule has 1 aliphatic rings. The van der Waals surface area contributed by atoms with E-state index in [1.807, 2.05) is 0 Å². The first-order valence-corrected chi connectivity index (χ1v) is 5.84. The van der Waals surface area contributed by atoms with E-state index in [2.05, 4.69) is 48.9 Å². The number of nitrogens with zero attached hydrogens (tertiary/aromatic N) is 2. The van der Waals surface area contributed by atoms with Crippen LogP contribution in [0.1, 0.15) is 45.9 Å². The maximum absolute atomic E-state index is 4.67. The van der Waals surface area contributed by atoms with Crippen molar-refractivity contribution in [3.05, 3.63) is 11.8 Å². The third-order valence-electron chi connectivity index (χ3n) is 3.17. The second kappa shape index (κ2) is 3.54. The number of nitrogens with one attached hydrogen (secondary N) is 1. The average Bonchev–Trinajstić information content (AvgIpc) is 2.57. The van der Waals surface area contributed by atoms with E-state index in [1.54, 1.807) is 0 Å². The Balaban J connectivity index is 2.37. The monoisotopic (exact) mass is 207 g/mol. The number of anilines is 1. The van der Waals surface area contributed by atoms with Gasteiger partial charge in [0.1, 0.15) is 5.82 Å². The van der Waals surface area contributed by atoms with E-state index in [0.717, 1.165) is 13.0 Å². The molecule has 0 aromatic carbocycles. The second-order valence-corrected chi connectivity index (χ2v) is 5.42. The van der Waals surface area contributed by atoms with E-state index in [-0.39, 0.29) is 5.41 Å². The van der Waals surface area contributed by atoms with Gasteiger partial charge < -0.3 is 5.32 Å². The summed E-state index contributed by atoms with van der Waals surface area (Å²) in [6.45, 7) is 10.1. The van der Waals surface area contributed by atoms with Crippen molar-refractivity contribution >= 4 is 5.82 Å². The van der Waals surface area contributed by atoms with Gasteiger partial charge in [0.05, 0.1) is 11.7 Å². The largest absolute Gasteiger partial charge is 0.370 e. The van der Waals surface area contributed by atoms with Gasteiger partial charge in [0.25, 0.3) is 0 Å². The van der Waals surface area contributed by atoms with Crippen molar-refractivity contribution in [3.63, 3.8) is 0 Å². The second-order valence-electron chi connectivity index (χ2n) is 5.42. The molecule has 0 fully saturated rings. The molecule has 0 amide bonds. The molecule has 0 bridgehead atoms. The summed E-state index contributed by atoms with van der Waals surface area (Å²) in [6.07, 6.45) is 2.18. The van der Waals surface area contributed by atoms with E-state index in [4.69, 9.17) is 0 Å². The maximum atomic E-state index is 4.67. The zero-order chi connectivity index (χ0) is 11.1. The van der Waals surface area contributed by atoms with E-state index in [0.29, 0.717) is 6.04 Å². The van der Waals surface area contributed by atoms with Crippen LogP contribution in [0.2, 0.25) is 0 Å². The highest BCUT2D eigenvalue weighted by Crippen LogP contribution is 2.37. The number of fused-ring (bicyclic) bond motifs is 1. The number of rotatable bonds is 1. The molecule has 84 valence electrons. The lowest BCUT2D eigenvalue weighted by Crippen LogP contribution is -2.32. The molecule has 2 heterocycles. The molecule has 0 spiro atoms. The summed E-state index contributed by atoms with van der Waals surface area (Å²) in [4.78, 5) is 0. The summed E-state index contributed by atoms with van der Waals surface area (Å²) in [5.41, 5.74) is 1.47. The molecule has 3 heteroatoms. The van der Waals surface area contributed by atoms with Crippen LogP contribution in [-0.4, -0.2) is 16.3 Å². The third kappa shape index (κ3) is 1.87. The Hall–Kier alpha value is -0.990. The first kappa shape index (κ1) is 10.5. The van der Waals surface area contributed by atoms with Crippen LogP contribution in [0.3, 0.4) is 0 Å². The Bertz CT molecular complexity index is 346. The topological polar surface area (TPSA) is 29.9 Å². The molecule has 1 aliphatic heterocycles. The minimum absolute atomic E-state index is 0.286. The van der Waals surface area contributed by atoms with Crippen LogP contribution in [0.5, 0.6) is 0 Å². The molecule has 15 heavy (non-hydrogen) atoms. The van der Waals surface area contributed by atoms with E-state index >= 15 is 0 Å². The lowest BCUT2D eigenvalue weighted by molar-refractivity contribution is 0.210. The fourth-order valence-corrected chi connectivity index (χ4v) is 2.25. The fourth-order valence-electron chi connectivity index (χ4n) is 2.25. The molecule has 0 radical (unpaired) electrons. The molecule has 2 rings (SSSR count). The number of aryl methyl sites for hydroxylation is 1. The van der Waals surface area contributed by atoms with Crippen LogP contribution in [0.15, 0.2) is 6.07 Å². The molecule has 1 N–H and O–H groups in total. The quantitative estimate of drug-likeness (QED) is 0.767. The molecule has 3 nitrogen and oxygen atoms in total. The van der Waals surface area contributed by atoms with Gasteiger partial charge in [0.2, 0.25) is 0 Å². The third-order valence-corrected chi connectivity index (χ3v) is 3.17. The van der Waals surface area contributed by atoms with Gasteiger partial charge in [-0.3, -0.25) is 0 Å². The maximum Gasteiger partial charge on any atom is 0.124 e. The van der Waals surface area contributed by atoms with Crippen molar-refractivity contribution in [3.8, 4) is 0 Å². The smallest absolute Gasteiger partial charge is 0.124 e. The lowest BCUT2D eigenvalue weighted by Gasteiger charge is -2.35. The average molecular weight is 207 g/mol. The highest BCUT2D eigenvalue weighted by Gasteiger charge is 2.31. The fraction of sp³-hybridized carbons (Fsp3) is 0.750. The standard InChI is InChI=1S/C12H21N3/c1-5-9-8-11-13-7-6-10(12(2,3)4)15(11)14-9/h8,10,13H,5-7H2,1-4H3. The SMILES string of the molecule is CCc1cc2n(n1)C(C(C)(C)C)CCN2. The highest BCUT2D eigenvalue weighted by molar-refractivity contribution is 5.39. The molecular weight excluding hydrogens is 186 g/mol.